The number of hydrogen-bond acceptors (Lipinski definition) is 3. The van der Waals surface area contributed by atoms with Crippen LogP contribution in [0.1, 0.15) is 11.1 Å². The first kappa shape index (κ1) is 17.6. The van der Waals surface area contributed by atoms with Gasteiger partial charge in [-0.05, 0) is 47.6 Å². The Bertz CT molecular complexity index is 867. The number of para-hydroxylation sites is 1. The van der Waals surface area contributed by atoms with Gasteiger partial charge in [0.15, 0.2) is 5.11 Å². The maximum atomic E-state index is 5.81. The van der Waals surface area contributed by atoms with E-state index in [4.69, 9.17) is 17.0 Å². The lowest BCUT2D eigenvalue weighted by Crippen LogP contribution is -2.31. The average molecular weight is 361 g/mol. The van der Waals surface area contributed by atoms with Gasteiger partial charge in [-0.25, -0.2) is 0 Å². The molecule has 0 spiro atoms. The number of hydrazone groups is 1. The lowest BCUT2D eigenvalue weighted by molar-refractivity contribution is 0.482. The number of rotatable bonds is 6. The molecule has 0 bridgehead atoms. The second-order valence-electron chi connectivity index (χ2n) is 5.53. The summed E-state index contributed by atoms with van der Waals surface area (Å²) in [7, 11) is 0. The van der Waals surface area contributed by atoms with E-state index < -0.39 is 0 Å². The minimum absolute atomic E-state index is 0.474. The summed E-state index contributed by atoms with van der Waals surface area (Å²) < 4.78 is 5.81. The first-order valence-corrected chi connectivity index (χ1v) is 8.64. The van der Waals surface area contributed by atoms with Crippen molar-refractivity contribution in [2.75, 3.05) is 0 Å². The largest absolute Gasteiger partial charge is 0.457 e. The molecule has 3 aromatic rings. The first-order valence-electron chi connectivity index (χ1n) is 8.23. The minimum Gasteiger partial charge on any atom is -0.457 e. The van der Waals surface area contributed by atoms with Crippen LogP contribution in [0, 0.1) is 0 Å². The van der Waals surface area contributed by atoms with Gasteiger partial charge in [0, 0.05) is 6.54 Å². The van der Waals surface area contributed by atoms with Gasteiger partial charge in [-0.2, -0.15) is 5.10 Å². The van der Waals surface area contributed by atoms with Crippen LogP contribution >= 0.6 is 12.2 Å². The molecule has 0 saturated heterocycles. The van der Waals surface area contributed by atoms with E-state index in [1.807, 2.05) is 84.9 Å². The molecule has 0 radical (unpaired) electrons. The van der Waals surface area contributed by atoms with Crippen LogP contribution < -0.4 is 15.5 Å². The van der Waals surface area contributed by atoms with Crippen molar-refractivity contribution in [3.8, 4) is 11.5 Å². The monoisotopic (exact) mass is 361 g/mol. The molecule has 2 N–H and O–H groups in total. The number of ether oxygens (including phenoxy) is 1. The van der Waals surface area contributed by atoms with E-state index in [0.29, 0.717) is 11.7 Å². The fraction of sp³-hybridized carbons (Fsp3) is 0.0476. The van der Waals surface area contributed by atoms with E-state index in [9.17, 15) is 0 Å². The molecule has 5 heteroatoms. The van der Waals surface area contributed by atoms with Crippen LogP contribution in [0.2, 0.25) is 0 Å². The van der Waals surface area contributed by atoms with E-state index in [1.165, 1.54) is 0 Å². The summed E-state index contributed by atoms with van der Waals surface area (Å²) in [5.74, 6) is 1.55. The van der Waals surface area contributed by atoms with Gasteiger partial charge in [0.05, 0.1) is 6.21 Å². The minimum atomic E-state index is 0.474. The van der Waals surface area contributed by atoms with E-state index in [-0.39, 0.29) is 0 Å². The van der Waals surface area contributed by atoms with Crippen LogP contribution in [0.25, 0.3) is 0 Å². The highest BCUT2D eigenvalue weighted by atomic mass is 32.1. The van der Waals surface area contributed by atoms with Gasteiger partial charge in [-0.3, -0.25) is 5.43 Å². The van der Waals surface area contributed by atoms with Crippen molar-refractivity contribution in [3.05, 3.63) is 96.1 Å². The standard InChI is InChI=1S/C21H19N3OS/c26-21(22-15-17-8-3-1-4-9-17)24-23-16-18-10-7-13-20(14-18)25-19-11-5-2-6-12-19/h1-14,16H,15H2,(H2,22,24,26)/b23-16-. The molecule has 4 nitrogen and oxygen atoms in total. The molecule has 130 valence electrons. The van der Waals surface area contributed by atoms with E-state index in [1.54, 1.807) is 6.21 Å². The molecular weight excluding hydrogens is 342 g/mol. The Morgan fingerprint density at radius 3 is 2.35 bits per heavy atom. The van der Waals surface area contributed by atoms with Gasteiger partial charge in [-0.1, -0.05) is 60.7 Å². The van der Waals surface area contributed by atoms with Gasteiger partial charge in [0.25, 0.3) is 0 Å². The second kappa shape index (κ2) is 9.34. The Labute approximate surface area is 158 Å². The fourth-order valence-electron chi connectivity index (χ4n) is 2.27. The zero-order valence-corrected chi connectivity index (χ0v) is 14.9. The fourth-order valence-corrected chi connectivity index (χ4v) is 2.39. The van der Waals surface area contributed by atoms with Gasteiger partial charge in [0.2, 0.25) is 0 Å². The van der Waals surface area contributed by atoms with E-state index >= 15 is 0 Å². The Morgan fingerprint density at radius 2 is 1.58 bits per heavy atom. The molecule has 0 aromatic heterocycles. The molecule has 3 rings (SSSR count). The van der Waals surface area contributed by atoms with Crippen LogP contribution in [0.4, 0.5) is 0 Å². The summed E-state index contributed by atoms with van der Waals surface area (Å²) in [5, 5.41) is 7.75. The quantitative estimate of drug-likeness (QED) is 0.386. The van der Waals surface area contributed by atoms with E-state index in [2.05, 4.69) is 15.8 Å². The summed E-state index contributed by atoms with van der Waals surface area (Å²) in [6.45, 7) is 0.655. The van der Waals surface area contributed by atoms with Crippen molar-refractivity contribution < 1.29 is 4.74 Å². The van der Waals surface area contributed by atoms with Crippen LogP contribution in [0.15, 0.2) is 90.0 Å². The Kier molecular flexibility index (Phi) is 6.34. The molecule has 0 fully saturated rings. The van der Waals surface area contributed by atoms with Crippen LogP contribution in [0.5, 0.6) is 11.5 Å². The molecular formula is C21H19N3OS. The smallest absolute Gasteiger partial charge is 0.187 e. The first-order chi connectivity index (χ1) is 12.8. The van der Waals surface area contributed by atoms with Crippen molar-refractivity contribution in [2.45, 2.75) is 6.54 Å². The highest BCUT2D eigenvalue weighted by Crippen LogP contribution is 2.21. The summed E-state index contributed by atoms with van der Waals surface area (Å²) in [6.07, 6.45) is 1.70. The third-order valence-electron chi connectivity index (χ3n) is 3.51. The Balaban J connectivity index is 1.50. The molecule has 0 unspecified atom stereocenters. The van der Waals surface area contributed by atoms with Gasteiger partial charge in [-0.15, -0.1) is 0 Å². The summed E-state index contributed by atoms with van der Waals surface area (Å²) in [4.78, 5) is 0. The molecule has 0 heterocycles. The maximum absolute atomic E-state index is 5.81. The zero-order chi connectivity index (χ0) is 18.0. The zero-order valence-electron chi connectivity index (χ0n) is 14.1. The molecule has 0 aliphatic carbocycles. The summed E-state index contributed by atoms with van der Waals surface area (Å²) in [6, 6.07) is 27.4. The van der Waals surface area contributed by atoms with Crippen LogP contribution in [-0.2, 0) is 6.54 Å². The summed E-state index contributed by atoms with van der Waals surface area (Å²) >= 11 is 5.22. The van der Waals surface area contributed by atoms with E-state index in [0.717, 1.165) is 22.6 Å². The summed E-state index contributed by atoms with van der Waals surface area (Å²) in [5.41, 5.74) is 4.89. The predicted molar refractivity (Wildman–Crippen MR) is 110 cm³/mol. The maximum Gasteiger partial charge on any atom is 0.187 e. The van der Waals surface area contributed by atoms with Crippen molar-refractivity contribution in [3.63, 3.8) is 0 Å². The predicted octanol–water partition coefficient (Wildman–Crippen LogP) is 4.48. The average Bonchev–Trinajstić information content (AvgIpc) is 2.68. The van der Waals surface area contributed by atoms with Crippen molar-refractivity contribution in [1.82, 2.24) is 10.7 Å². The topological polar surface area (TPSA) is 45.7 Å². The lowest BCUT2D eigenvalue weighted by atomic mass is 10.2. The van der Waals surface area contributed by atoms with Crippen LogP contribution in [0.3, 0.4) is 0 Å². The van der Waals surface area contributed by atoms with Crippen molar-refractivity contribution >= 4 is 23.5 Å². The molecule has 0 aliphatic rings. The van der Waals surface area contributed by atoms with Crippen molar-refractivity contribution in [2.24, 2.45) is 5.10 Å². The second-order valence-corrected chi connectivity index (χ2v) is 5.93. The Hall–Kier alpha value is -3.18. The van der Waals surface area contributed by atoms with Gasteiger partial charge >= 0.3 is 0 Å². The molecule has 0 amide bonds. The normalized spacial score (nSPS) is 10.5. The van der Waals surface area contributed by atoms with Crippen LogP contribution in [-0.4, -0.2) is 11.3 Å². The molecule has 26 heavy (non-hydrogen) atoms. The number of nitrogens with one attached hydrogen (secondary N) is 2. The molecule has 0 saturated carbocycles. The van der Waals surface area contributed by atoms with Crippen molar-refractivity contribution in [1.29, 1.82) is 0 Å². The third-order valence-corrected chi connectivity index (χ3v) is 3.75. The number of nitrogens with zero attached hydrogens (tertiary/aromatic N) is 1. The highest BCUT2D eigenvalue weighted by Gasteiger charge is 1.98. The lowest BCUT2D eigenvalue weighted by Gasteiger charge is -2.07. The number of hydrogen-bond donors (Lipinski definition) is 2. The number of thiocarbonyl (C=S) groups is 1. The van der Waals surface area contributed by atoms with Gasteiger partial charge < -0.3 is 10.1 Å². The molecule has 0 atom stereocenters. The molecule has 3 aromatic carbocycles. The highest BCUT2D eigenvalue weighted by molar-refractivity contribution is 7.80. The molecule has 0 aliphatic heterocycles. The Morgan fingerprint density at radius 1 is 0.885 bits per heavy atom. The number of benzene rings is 3. The SMILES string of the molecule is S=C(NCc1ccccc1)N/N=C\c1cccc(Oc2ccccc2)c1. The van der Waals surface area contributed by atoms with Gasteiger partial charge in [0.1, 0.15) is 11.5 Å². The third kappa shape index (κ3) is 5.72.